The lowest BCUT2D eigenvalue weighted by Crippen LogP contribution is -2.34. The van der Waals surface area contributed by atoms with E-state index in [4.69, 9.17) is 0 Å². The molecule has 3 heteroatoms. The van der Waals surface area contributed by atoms with Crippen molar-refractivity contribution in [2.24, 2.45) is 7.05 Å². The van der Waals surface area contributed by atoms with E-state index in [1.807, 2.05) is 11.3 Å². The molecule has 0 bridgehead atoms. The van der Waals surface area contributed by atoms with E-state index in [1.54, 1.807) is 0 Å². The molecule has 0 fully saturated rings. The Hall–Kier alpha value is -3.17. The lowest BCUT2D eigenvalue weighted by Gasteiger charge is -2.07. The minimum Gasteiger partial charge on any atom is -0.220 e. The van der Waals surface area contributed by atoms with Crippen molar-refractivity contribution in [3.8, 4) is 5.82 Å². The minimum absolute atomic E-state index is 1.20. The van der Waals surface area contributed by atoms with Crippen molar-refractivity contribution in [2.75, 3.05) is 0 Å². The van der Waals surface area contributed by atoms with E-state index in [2.05, 4.69) is 104 Å². The zero-order valence-corrected chi connectivity index (χ0v) is 18.5. The first-order valence-corrected chi connectivity index (χ1v) is 11.2. The highest BCUT2D eigenvalue weighted by Crippen LogP contribution is 2.36. The Bertz CT molecular complexity index is 1630. The highest BCUT2D eigenvalue weighted by molar-refractivity contribution is 7.25. The van der Waals surface area contributed by atoms with E-state index >= 15 is 0 Å². The topological polar surface area (TPSA) is 8.81 Å². The standard InChI is InChI=1S/C27H23N2S/c1-16-9-13-23-22(15-16)20-11-10-17(2)18(3)26(20)29(23)25-14-12-21-19-7-5-6-8-24(19)30-27(21)28(25)4/h5-15H,1-4H3/q+1. The number of thiophene rings is 1. The molecule has 6 aromatic rings. The smallest absolute Gasteiger partial charge is 0.220 e. The lowest BCUT2D eigenvalue weighted by molar-refractivity contribution is -0.636. The van der Waals surface area contributed by atoms with Crippen LogP contribution in [0.3, 0.4) is 0 Å². The molecule has 146 valence electrons. The van der Waals surface area contributed by atoms with E-state index in [0.717, 1.165) is 0 Å². The zero-order chi connectivity index (χ0) is 20.6. The molecule has 0 unspecified atom stereocenters. The third-order valence-corrected chi connectivity index (χ3v) is 7.76. The molecule has 3 aromatic carbocycles. The number of fused-ring (bicyclic) bond motifs is 6. The number of pyridine rings is 1. The highest BCUT2D eigenvalue weighted by atomic mass is 32.1. The predicted molar refractivity (Wildman–Crippen MR) is 129 cm³/mol. The highest BCUT2D eigenvalue weighted by Gasteiger charge is 2.24. The molecule has 0 spiro atoms. The van der Waals surface area contributed by atoms with Gasteiger partial charge in [0.1, 0.15) is 11.0 Å². The summed E-state index contributed by atoms with van der Waals surface area (Å²) in [5, 5.41) is 5.31. The summed E-state index contributed by atoms with van der Waals surface area (Å²) >= 11 is 1.87. The van der Waals surface area contributed by atoms with Crippen LogP contribution in [0.4, 0.5) is 0 Å². The molecule has 3 heterocycles. The third kappa shape index (κ3) is 2.27. The maximum Gasteiger partial charge on any atom is 0.287 e. The van der Waals surface area contributed by atoms with Crippen LogP contribution in [0, 0.1) is 20.8 Å². The Morgan fingerprint density at radius 1 is 0.767 bits per heavy atom. The number of hydrogen-bond acceptors (Lipinski definition) is 1. The molecule has 3 aromatic heterocycles. The molecular weight excluding hydrogens is 384 g/mol. The minimum atomic E-state index is 1.20. The van der Waals surface area contributed by atoms with Gasteiger partial charge in [0.25, 0.3) is 5.82 Å². The van der Waals surface area contributed by atoms with Gasteiger partial charge in [0.2, 0.25) is 0 Å². The summed E-state index contributed by atoms with van der Waals surface area (Å²) in [6, 6.07) is 24.6. The molecule has 30 heavy (non-hydrogen) atoms. The molecule has 6 rings (SSSR count). The SMILES string of the molecule is Cc1ccc2c(c1)c1ccc(C)c(C)c1n2-c1ccc2c3ccccc3sc2[n+]1C. The third-order valence-electron chi connectivity index (χ3n) is 6.50. The Labute approximate surface area is 179 Å². The van der Waals surface area contributed by atoms with Crippen molar-refractivity contribution < 1.29 is 4.57 Å². The summed E-state index contributed by atoms with van der Waals surface area (Å²) in [7, 11) is 2.20. The first-order valence-electron chi connectivity index (χ1n) is 10.4. The summed E-state index contributed by atoms with van der Waals surface area (Å²) in [5.74, 6) is 1.20. The number of rotatable bonds is 1. The normalized spacial score (nSPS) is 12.0. The van der Waals surface area contributed by atoms with Crippen LogP contribution in [0.5, 0.6) is 0 Å². The largest absolute Gasteiger partial charge is 0.287 e. The fraction of sp³-hybridized carbons (Fsp3) is 0.148. The summed E-state index contributed by atoms with van der Waals surface area (Å²) in [6.45, 7) is 6.63. The molecule has 0 aliphatic carbocycles. The Balaban J connectivity index is 1.80. The van der Waals surface area contributed by atoms with Gasteiger partial charge in [-0.2, -0.15) is 4.57 Å². The summed E-state index contributed by atoms with van der Waals surface area (Å²) in [5.41, 5.74) is 6.54. The summed E-state index contributed by atoms with van der Waals surface area (Å²) < 4.78 is 6.15. The first kappa shape index (κ1) is 17.7. The molecule has 0 amide bonds. The van der Waals surface area contributed by atoms with Crippen molar-refractivity contribution >= 4 is 53.4 Å². The fourth-order valence-electron chi connectivity index (χ4n) is 4.79. The van der Waals surface area contributed by atoms with Gasteiger partial charge in [0.05, 0.1) is 7.05 Å². The number of aromatic nitrogens is 2. The van der Waals surface area contributed by atoms with Crippen molar-refractivity contribution in [1.29, 1.82) is 0 Å². The van der Waals surface area contributed by atoms with Gasteiger partial charge in [0, 0.05) is 32.3 Å². The monoisotopic (exact) mass is 407 g/mol. The van der Waals surface area contributed by atoms with Crippen LogP contribution in [0.2, 0.25) is 0 Å². The van der Waals surface area contributed by atoms with E-state index < -0.39 is 0 Å². The van der Waals surface area contributed by atoms with Crippen LogP contribution in [-0.4, -0.2) is 4.57 Å². The van der Waals surface area contributed by atoms with Gasteiger partial charge in [-0.3, -0.25) is 0 Å². The van der Waals surface area contributed by atoms with Crippen molar-refractivity contribution in [3.05, 3.63) is 83.4 Å². The summed E-state index contributed by atoms with van der Waals surface area (Å²) in [6.07, 6.45) is 0. The molecule has 0 N–H and O–H groups in total. The average molecular weight is 408 g/mol. The number of hydrogen-bond donors (Lipinski definition) is 0. The first-order chi connectivity index (χ1) is 14.5. The second kappa shape index (κ2) is 6.16. The quantitative estimate of drug-likeness (QED) is 0.262. The second-order valence-electron chi connectivity index (χ2n) is 8.33. The van der Waals surface area contributed by atoms with Crippen molar-refractivity contribution in [1.82, 2.24) is 4.57 Å². The molecule has 0 saturated heterocycles. The second-order valence-corrected chi connectivity index (χ2v) is 9.36. The molecule has 0 atom stereocenters. The van der Waals surface area contributed by atoms with E-state index in [9.17, 15) is 0 Å². The van der Waals surface area contributed by atoms with Crippen LogP contribution in [0.1, 0.15) is 16.7 Å². The van der Waals surface area contributed by atoms with Gasteiger partial charge >= 0.3 is 0 Å². The van der Waals surface area contributed by atoms with Gasteiger partial charge < -0.3 is 0 Å². The number of aryl methyl sites for hydroxylation is 4. The van der Waals surface area contributed by atoms with Crippen LogP contribution in [0.15, 0.2) is 66.7 Å². The number of benzene rings is 3. The average Bonchev–Trinajstić information content (AvgIpc) is 3.28. The molecule has 0 aliphatic heterocycles. The van der Waals surface area contributed by atoms with E-state index in [-0.39, 0.29) is 0 Å². The maximum absolute atomic E-state index is 2.45. The molecule has 0 radical (unpaired) electrons. The van der Waals surface area contributed by atoms with Gasteiger partial charge in [0.15, 0.2) is 4.83 Å². The van der Waals surface area contributed by atoms with E-state index in [1.165, 1.54) is 64.6 Å². The fourth-order valence-corrected chi connectivity index (χ4v) is 5.95. The molecule has 0 aliphatic rings. The van der Waals surface area contributed by atoms with Gasteiger partial charge in [-0.25, -0.2) is 4.57 Å². The van der Waals surface area contributed by atoms with Gasteiger partial charge in [-0.1, -0.05) is 47.2 Å². The number of nitrogens with zero attached hydrogens (tertiary/aromatic N) is 2. The molecule has 2 nitrogen and oxygen atoms in total. The predicted octanol–water partition coefficient (Wildman–Crippen LogP) is 6.90. The maximum atomic E-state index is 2.45. The molecule has 0 saturated carbocycles. The van der Waals surface area contributed by atoms with Gasteiger partial charge in [-0.15, -0.1) is 0 Å². The van der Waals surface area contributed by atoms with Crippen LogP contribution in [0.25, 0.3) is 47.9 Å². The van der Waals surface area contributed by atoms with Gasteiger partial charge in [-0.05, 0) is 62.2 Å². The Morgan fingerprint density at radius 3 is 2.43 bits per heavy atom. The van der Waals surface area contributed by atoms with E-state index in [0.29, 0.717) is 0 Å². The zero-order valence-electron chi connectivity index (χ0n) is 17.7. The van der Waals surface area contributed by atoms with Crippen molar-refractivity contribution in [2.45, 2.75) is 20.8 Å². The summed E-state index contributed by atoms with van der Waals surface area (Å²) in [4.78, 5) is 1.31. The Kier molecular flexibility index (Phi) is 3.63. The van der Waals surface area contributed by atoms with Crippen LogP contribution < -0.4 is 4.57 Å². The Morgan fingerprint density at radius 2 is 1.57 bits per heavy atom. The molecular formula is C27H23N2S+. The van der Waals surface area contributed by atoms with Crippen molar-refractivity contribution in [3.63, 3.8) is 0 Å². The van der Waals surface area contributed by atoms with Crippen LogP contribution >= 0.6 is 11.3 Å². The lowest BCUT2D eigenvalue weighted by atomic mass is 10.0. The van der Waals surface area contributed by atoms with Crippen LogP contribution in [-0.2, 0) is 7.05 Å².